The van der Waals surface area contributed by atoms with E-state index in [1.807, 2.05) is 36.4 Å². The zero-order valence-corrected chi connectivity index (χ0v) is 9.34. The molecule has 0 saturated heterocycles. The van der Waals surface area contributed by atoms with Gasteiger partial charge in [-0.25, -0.2) is 4.79 Å². The highest BCUT2D eigenvalue weighted by Gasteiger charge is 2.20. The zero-order valence-electron chi connectivity index (χ0n) is 9.34. The number of allylic oxidation sites excluding steroid dienone is 2. The van der Waals surface area contributed by atoms with Gasteiger partial charge in [-0.05, 0) is 17.8 Å². The molecule has 1 aromatic carbocycles. The number of carboxylic acids is 1. The molecule has 0 fully saturated rings. The topological polar surface area (TPSA) is 49.7 Å². The molecule has 0 bridgehead atoms. The number of rotatable bonds is 3. The van der Waals surface area contributed by atoms with Crippen molar-refractivity contribution < 1.29 is 9.90 Å². The first-order chi connectivity index (χ1) is 8.16. The van der Waals surface area contributed by atoms with E-state index >= 15 is 0 Å². The average molecular weight is 225 g/mol. The van der Waals surface area contributed by atoms with Gasteiger partial charge in [0.05, 0.1) is 7.85 Å². The molecule has 2 rings (SSSR count). The van der Waals surface area contributed by atoms with Crippen molar-refractivity contribution in [3.05, 3.63) is 47.7 Å². The lowest BCUT2D eigenvalue weighted by atomic mass is 9.78. The van der Waals surface area contributed by atoms with Crippen LogP contribution in [-0.4, -0.2) is 24.6 Å². The molecule has 3 nitrogen and oxygen atoms in total. The Morgan fingerprint density at radius 2 is 2.12 bits per heavy atom. The predicted octanol–water partition coefficient (Wildman–Crippen LogP) is 2.00. The van der Waals surface area contributed by atoms with Crippen LogP contribution in [0.15, 0.2) is 47.1 Å². The predicted molar refractivity (Wildman–Crippen MR) is 67.4 cm³/mol. The van der Waals surface area contributed by atoms with E-state index in [1.165, 1.54) is 0 Å². The summed E-state index contributed by atoms with van der Waals surface area (Å²) in [4.78, 5) is 15.0. The van der Waals surface area contributed by atoms with Crippen LogP contribution in [0.25, 0.3) is 0 Å². The van der Waals surface area contributed by atoms with E-state index in [-0.39, 0.29) is 5.71 Å². The summed E-state index contributed by atoms with van der Waals surface area (Å²) in [5.74, 6) is -1.52. The molecule has 84 valence electrons. The Kier molecular flexibility index (Phi) is 3.42. The van der Waals surface area contributed by atoms with Crippen molar-refractivity contribution in [2.24, 2.45) is 4.99 Å². The van der Waals surface area contributed by atoms with Crippen LogP contribution in [0.5, 0.6) is 0 Å². The molecule has 1 aliphatic rings. The van der Waals surface area contributed by atoms with E-state index in [9.17, 15) is 4.79 Å². The molecule has 1 atom stereocenters. The fourth-order valence-corrected chi connectivity index (χ4v) is 1.78. The fourth-order valence-electron chi connectivity index (χ4n) is 1.78. The highest BCUT2D eigenvalue weighted by molar-refractivity contribution is 6.47. The molecule has 0 amide bonds. The minimum absolute atomic E-state index is 0.0541. The van der Waals surface area contributed by atoms with E-state index < -0.39 is 11.8 Å². The first-order valence-corrected chi connectivity index (χ1v) is 5.47. The smallest absolute Gasteiger partial charge is 0.349 e. The van der Waals surface area contributed by atoms with E-state index in [2.05, 4.69) is 4.99 Å². The highest BCUT2D eigenvalue weighted by Crippen LogP contribution is 2.22. The van der Waals surface area contributed by atoms with Crippen LogP contribution in [0.2, 0.25) is 5.82 Å². The van der Waals surface area contributed by atoms with Crippen molar-refractivity contribution in [2.45, 2.75) is 18.7 Å². The Bertz CT molecular complexity index is 479. The first kappa shape index (κ1) is 11.6. The molecule has 0 aliphatic carbocycles. The van der Waals surface area contributed by atoms with Crippen molar-refractivity contribution >= 4 is 19.5 Å². The summed E-state index contributed by atoms with van der Waals surface area (Å²) in [5.41, 5.74) is 1.94. The third-order valence-electron chi connectivity index (χ3n) is 2.67. The van der Waals surface area contributed by atoms with Crippen molar-refractivity contribution in [1.29, 1.82) is 0 Å². The number of carboxylic acid groups (broad SMARTS) is 1. The lowest BCUT2D eigenvalue weighted by molar-refractivity contribution is -0.129. The first-order valence-electron chi connectivity index (χ1n) is 5.47. The summed E-state index contributed by atoms with van der Waals surface area (Å²) >= 11 is 0. The second-order valence-corrected chi connectivity index (χ2v) is 4.00. The van der Waals surface area contributed by atoms with Gasteiger partial charge in [-0.15, -0.1) is 0 Å². The van der Waals surface area contributed by atoms with Gasteiger partial charge in [0.25, 0.3) is 0 Å². The monoisotopic (exact) mass is 225 g/mol. The molecule has 1 unspecified atom stereocenters. The van der Waals surface area contributed by atoms with Gasteiger partial charge in [-0.1, -0.05) is 36.4 Å². The molecule has 4 heteroatoms. The number of nitrogens with zero attached hydrogens (tertiary/aromatic N) is 1. The molecule has 0 aromatic heterocycles. The lowest BCUT2D eigenvalue weighted by Crippen LogP contribution is -2.22. The second-order valence-electron chi connectivity index (χ2n) is 4.00. The minimum atomic E-state index is -1.03. The summed E-state index contributed by atoms with van der Waals surface area (Å²) in [6.07, 6.45) is 3.09. The van der Waals surface area contributed by atoms with Gasteiger partial charge in [0, 0.05) is 12.1 Å². The van der Waals surface area contributed by atoms with Gasteiger partial charge in [0.15, 0.2) is 0 Å². The van der Waals surface area contributed by atoms with Crippen LogP contribution in [0.1, 0.15) is 12.0 Å². The average Bonchev–Trinajstić information content (AvgIpc) is 2.32. The van der Waals surface area contributed by atoms with Crippen LogP contribution >= 0.6 is 0 Å². The van der Waals surface area contributed by atoms with Crippen LogP contribution in [0.4, 0.5) is 0 Å². The Morgan fingerprint density at radius 1 is 1.41 bits per heavy atom. The van der Waals surface area contributed by atoms with E-state index in [0.717, 1.165) is 11.3 Å². The minimum Gasteiger partial charge on any atom is -0.477 e. The molecule has 1 aromatic rings. The van der Waals surface area contributed by atoms with Crippen LogP contribution in [0.3, 0.4) is 0 Å². The van der Waals surface area contributed by atoms with E-state index in [1.54, 1.807) is 0 Å². The van der Waals surface area contributed by atoms with Crippen molar-refractivity contribution in [3.8, 4) is 0 Å². The van der Waals surface area contributed by atoms with E-state index in [0.29, 0.717) is 12.8 Å². The number of hydrogen-bond donors (Lipinski definition) is 1. The molecule has 2 radical (unpaired) electrons. The molecule has 1 N–H and O–H groups in total. The Morgan fingerprint density at radius 3 is 2.76 bits per heavy atom. The number of aliphatic imine (C=N–C) groups is 1. The molecule has 17 heavy (non-hydrogen) atoms. The molecular formula is C13H12BNO2. The SMILES string of the molecule is [B]C1CC=C(Cc2ccccc2)N=C1C(=O)O. The normalized spacial score (nSPS) is 19.4. The molecule has 1 aliphatic heterocycles. The summed E-state index contributed by atoms with van der Waals surface area (Å²) in [5, 5.41) is 8.95. The van der Waals surface area contributed by atoms with Gasteiger partial charge in [-0.2, -0.15) is 0 Å². The molecular weight excluding hydrogens is 213 g/mol. The third-order valence-corrected chi connectivity index (χ3v) is 2.67. The van der Waals surface area contributed by atoms with Crippen molar-refractivity contribution in [3.63, 3.8) is 0 Å². The Labute approximate surface area is 101 Å². The number of benzene rings is 1. The Hall–Kier alpha value is -1.84. The highest BCUT2D eigenvalue weighted by atomic mass is 16.4. The van der Waals surface area contributed by atoms with Crippen LogP contribution in [-0.2, 0) is 11.2 Å². The van der Waals surface area contributed by atoms with Crippen molar-refractivity contribution in [2.75, 3.05) is 0 Å². The van der Waals surface area contributed by atoms with Crippen LogP contribution < -0.4 is 0 Å². The number of aliphatic carboxylic acids is 1. The van der Waals surface area contributed by atoms with Gasteiger partial charge < -0.3 is 5.11 Å². The largest absolute Gasteiger partial charge is 0.477 e. The number of carbonyl (C=O) groups is 1. The van der Waals surface area contributed by atoms with Gasteiger partial charge >= 0.3 is 5.97 Å². The third kappa shape index (κ3) is 2.84. The quantitative estimate of drug-likeness (QED) is 0.799. The summed E-state index contributed by atoms with van der Waals surface area (Å²) in [6, 6.07) is 9.83. The maximum Gasteiger partial charge on any atom is 0.349 e. The lowest BCUT2D eigenvalue weighted by Gasteiger charge is -2.16. The zero-order chi connectivity index (χ0) is 12.3. The van der Waals surface area contributed by atoms with Crippen LogP contribution in [0, 0.1) is 0 Å². The van der Waals surface area contributed by atoms with Gasteiger partial charge in [0.2, 0.25) is 0 Å². The van der Waals surface area contributed by atoms with Gasteiger partial charge in [-0.3, -0.25) is 4.99 Å². The fraction of sp³-hybridized carbons (Fsp3) is 0.231. The maximum atomic E-state index is 10.9. The summed E-state index contributed by atoms with van der Waals surface area (Å²) in [6.45, 7) is 0. The molecule has 0 spiro atoms. The standard InChI is InChI=1S/C13H12BNO2/c14-11-7-6-10(15-12(11)13(16)17)8-9-4-2-1-3-5-9/h1-6,11H,7-8H2,(H,16,17). The van der Waals surface area contributed by atoms with Gasteiger partial charge in [0.1, 0.15) is 5.71 Å². The second kappa shape index (κ2) is 5.00. The van der Waals surface area contributed by atoms with E-state index in [4.69, 9.17) is 13.0 Å². The summed E-state index contributed by atoms with van der Waals surface area (Å²) in [7, 11) is 5.68. The Balaban J connectivity index is 2.16. The maximum absolute atomic E-state index is 10.9. The molecule has 1 heterocycles. The molecule has 0 saturated carbocycles. The number of hydrogen-bond acceptors (Lipinski definition) is 2. The van der Waals surface area contributed by atoms with Crippen molar-refractivity contribution in [1.82, 2.24) is 0 Å². The summed E-state index contributed by atoms with van der Waals surface area (Å²) < 4.78 is 0.